The van der Waals surface area contributed by atoms with Crippen LogP contribution in [0.15, 0.2) is 18.3 Å². The number of hydrogen-bond donors (Lipinski definition) is 1. The van der Waals surface area contributed by atoms with Crippen molar-refractivity contribution in [1.82, 2.24) is 20.4 Å². The lowest BCUT2D eigenvalue weighted by Crippen LogP contribution is -2.39. The van der Waals surface area contributed by atoms with Crippen molar-refractivity contribution in [2.24, 2.45) is 0 Å². The molecular formula is C11H18N4O. The third-order valence-electron chi connectivity index (χ3n) is 2.38. The molecule has 0 aliphatic carbocycles. The van der Waals surface area contributed by atoms with Gasteiger partial charge < -0.3 is 10.2 Å². The normalized spacial score (nSPS) is 10.5. The minimum Gasteiger partial charge on any atom is -0.342 e. The Morgan fingerprint density at radius 3 is 2.88 bits per heavy atom. The van der Waals surface area contributed by atoms with E-state index < -0.39 is 0 Å². The Balaban J connectivity index is 2.28. The maximum absolute atomic E-state index is 11.6. The quantitative estimate of drug-likeness (QED) is 0.785. The van der Waals surface area contributed by atoms with Gasteiger partial charge in [0.2, 0.25) is 5.91 Å². The molecule has 1 aromatic rings. The first kappa shape index (κ1) is 12.6. The van der Waals surface area contributed by atoms with Gasteiger partial charge in [-0.3, -0.25) is 4.79 Å². The van der Waals surface area contributed by atoms with Crippen molar-refractivity contribution < 1.29 is 4.79 Å². The Labute approximate surface area is 95.9 Å². The Hall–Kier alpha value is -1.49. The summed E-state index contributed by atoms with van der Waals surface area (Å²) < 4.78 is 0. The van der Waals surface area contributed by atoms with Gasteiger partial charge in [-0.05, 0) is 26.0 Å². The average molecular weight is 222 g/mol. The molecule has 0 radical (unpaired) electrons. The molecule has 0 aromatic carbocycles. The molecule has 0 bridgehead atoms. The van der Waals surface area contributed by atoms with Crippen LogP contribution >= 0.6 is 0 Å². The van der Waals surface area contributed by atoms with Gasteiger partial charge in [0, 0.05) is 25.8 Å². The highest BCUT2D eigenvalue weighted by molar-refractivity contribution is 5.78. The highest BCUT2D eigenvalue weighted by atomic mass is 16.2. The third kappa shape index (κ3) is 3.94. The number of amides is 1. The maximum atomic E-state index is 11.6. The van der Waals surface area contributed by atoms with E-state index in [0.717, 1.165) is 5.69 Å². The minimum absolute atomic E-state index is 0.0823. The van der Waals surface area contributed by atoms with Gasteiger partial charge in [-0.2, -0.15) is 10.2 Å². The van der Waals surface area contributed by atoms with Crippen molar-refractivity contribution in [3.63, 3.8) is 0 Å². The fourth-order valence-electron chi connectivity index (χ4n) is 1.14. The summed E-state index contributed by atoms with van der Waals surface area (Å²) in [6.45, 7) is 4.86. The molecule has 5 heteroatoms. The van der Waals surface area contributed by atoms with Crippen LogP contribution in [0.1, 0.15) is 19.5 Å². The van der Waals surface area contributed by atoms with E-state index in [-0.39, 0.29) is 11.9 Å². The van der Waals surface area contributed by atoms with Crippen molar-refractivity contribution in [3.05, 3.63) is 24.0 Å². The first-order valence-electron chi connectivity index (χ1n) is 5.34. The fourth-order valence-corrected chi connectivity index (χ4v) is 1.14. The second-order valence-electron chi connectivity index (χ2n) is 3.92. The summed E-state index contributed by atoms with van der Waals surface area (Å²) in [6, 6.07) is 3.92. The summed E-state index contributed by atoms with van der Waals surface area (Å²) in [5.74, 6) is 0.0823. The molecule has 0 aliphatic rings. The topological polar surface area (TPSA) is 58.1 Å². The molecule has 1 heterocycles. The first-order valence-corrected chi connectivity index (χ1v) is 5.34. The molecule has 16 heavy (non-hydrogen) atoms. The lowest BCUT2D eigenvalue weighted by Gasteiger charge is -2.21. The molecule has 0 fully saturated rings. The van der Waals surface area contributed by atoms with Crippen LogP contribution in [-0.4, -0.2) is 40.6 Å². The zero-order valence-electron chi connectivity index (χ0n) is 9.97. The Morgan fingerprint density at radius 2 is 2.31 bits per heavy atom. The summed E-state index contributed by atoms with van der Waals surface area (Å²) in [7, 11) is 1.80. The standard InChI is InChI=1S/C11H18N4O/c1-9(2)15(3)11(16)8-12-7-10-5-4-6-13-14-10/h4-6,9,12H,7-8H2,1-3H3. The highest BCUT2D eigenvalue weighted by Gasteiger charge is 2.10. The summed E-state index contributed by atoms with van der Waals surface area (Å²) in [6.07, 6.45) is 1.63. The summed E-state index contributed by atoms with van der Waals surface area (Å²) in [4.78, 5) is 13.3. The summed E-state index contributed by atoms with van der Waals surface area (Å²) >= 11 is 0. The Kier molecular flexibility index (Phi) is 4.85. The first-order chi connectivity index (χ1) is 7.61. The van der Waals surface area contributed by atoms with E-state index in [2.05, 4.69) is 15.5 Å². The summed E-state index contributed by atoms with van der Waals surface area (Å²) in [5.41, 5.74) is 0.836. The van der Waals surface area contributed by atoms with Crippen LogP contribution in [0, 0.1) is 0 Å². The molecule has 5 nitrogen and oxygen atoms in total. The van der Waals surface area contributed by atoms with Gasteiger partial charge in [-0.1, -0.05) is 0 Å². The molecule has 0 saturated heterocycles. The van der Waals surface area contributed by atoms with E-state index in [9.17, 15) is 4.79 Å². The molecule has 1 aromatic heterocycles. The predicted octanol–water partition coefficient (Wildman–Crippen LogP) is 0.433. The zero-order valence-corrected chi connectivity index (χ0v) is 9.97. The number of rotatable bonds is 5. The Morgan fingerprint density at radius 1 is 1.56 bits per heavy atom. The van der Waals surface area contributed by atoms with E-state index in [0.29, 0.717) is 13.1 Å². The van der Waals surface area contributed by atoms with Crippen LogP contribution < -0.4 is 5.32 Å². The second-order valence-corrected chi connectivity index (χ2v) is 3.92. The number of likely N-dealkylation sites (N-methyl/N-ethyl adjacent to an activating group) is 1. The van der Waals surface area contributed by atoms with Gasteiger partial charge in [0.05, 0.1) is 12.2 Å². The van der Waals surface area contributed by atoms with Gasteiger partial charge in [0.15, 0.2) is 0 Å². The molecule has 1 amide bonds. The SMILES string of the molecule is CC(C)N(C)C(=O)CNCc1cccnn1. The van der Waals surface area contributed by atoms with E-state index in [1.807, 2.05) is 26.0 Å². The fraction of sp³-hybridized carbons (Fsp3) is 0.545. The van der Waals surface area contributed by atoms with E-state index in [1.165, 1.54) is 0 Å². The van der Waals surface area contributed by atoms with Gasteiger partial charge in [-0.15, -0.1) is 0 Å². The highest BCUT2D eigenvalue weighted by Crippen LogP contribution is 1.94. The molecule has 0 spiro atoms. The van der Waals surface area contributed by atoms with Crippen LogP contribution in [0.25, 0.3) is 0 Å². The maximum Gasteiger partial charge on any atom is 0.236 e. The second kappa shape index (κ2) is 6.17. The van der Waals surface area contributed by atoms with Crippen molar-refractivity contribution in [3.8, 4) is 0 Å². The van der Waals surface area contributed by atoms with Crippen LogP contribution in [0.4, 0.5) is 0 Å². The number of carbonyl (C=O) groups is 1. The van der Waals surface area contributed by atoms with Gasteiger partial charge in [-0.25, -0.2) is 0 Å². The number of nitrogens with zero attached hydrogens (tertiary/aromatic N) is 3. The van der Waals surface area contributed by atoms with E-state index in [4.69, 9.17) is 0 Å². The predicted molar refractivity (Wildman–Crippen MR) is 61.6 cm³/mol. The molecule has 0 saturated carbocycles. The van der Waals surface area contributed by atoms with Gasteiger partial charge in [0.25, 0.3) is 0 Å². The lowest BCUT2D eigenvalue weighted by atomic mass is 10.3. The van der Waals surface area contributed by atoms with E-state index in [1.54, 1.807) is 18.1 Å². The van der Waals surface area contributed by atoms with Crippen molar-refractivity contribution in [2.75, 3.05) is 13.6 Å². The molecule has 0 aliphatic heterocycles. The Bertz CT molecular complexity index is 326. The van der Waals surface area contributed by atoms with E-state index >= 15 is 0 Å². The average Bonchev–Trinajstić information content (AvgIpc) is 2.29. The monoisotopic (exact) mass is 222 g/mol. The van der Waals surface area contributed by atoms with Crippen LogP contribution in [0.3, 0.4) is 0 Å². The van der Waals surface area contributed by atoms with Crippen LogP contribution in [0.2, 0.25) is 0 Å². The minimum atomic E-state index is 0.0823. The van der Waals surface area contributed by atoms with Crippen LogP contribution in [-0.2, 0) is 11.3 Å². The lowest BCUT2D eigenvalue weighted by molar-refractivity contribution is -0.130. The molecule has 0 atom stereocenters. The molecule has 1 N–H and O–H groups in total. The smallest absolute Gasteiger partial charge is 0.236 e. The van der Waals surface area contributed by atoms with Crippen molar-refractivity contribution in [1.29, 1.82) is 0 Å². The molecule has 0 unspecified atom stereocenters. The van der Waals surface area contributed by atoms with Crippen molar-refractivity contribution >= 4 is 5.91 Å². The summed E-state index contributed by atoms with van der Waals surface area (Å²) in [5, 5.41) is 10.7. The van der Waals surface area contributed by atoms with Gasteiger partial charge >= 0.3 is 0 Å². The third-order valence-corrected chi connectivity index (χ3v) is 2.38. The molecule has 1 rings (SSSR count). The van der Waals surface area contributed by atoms with Crippen molar-refractivity contribution in [2.45, 2.75) is 26.4 Å². The molecule has 88 valence electrons. The number of carbonyl (C=O) groups excluding carboxylic acids is 1. The van der Waals surface area contributed by atoms with Gasteiger partial charge in [0.1, 0.15) is 0 Å². The number of nitrogens with one attached hydrogen (secondary N) is 1. The molecular weight excluding hydrogens is 204 g/mol. The van der Waals surface area contributed by atoms with Crippen LogP contribution in [0.5, 0.6) is 0 Å². The number of aromatic nitrogens is 2. The number of hydrogen-bond acceptors (Lipinski definition) is 4. The largest absolute Gasteiger partial charge is 0.342 e. The zero-order chi connectivity index (χ0) is 12.0.